The number of hydrogen-bond acceptors (Lipinski definition) is 4. The minimum atomic E-state index is -0.457. The fourth-order valence-corrected chi connectivity index (χ4v) is 2.77. The van der Waals surface area contributed by atoms with Gasteiger partial charge >= 0.3 is 6.09 Å². The van der Waals surface area contributed by atoms with Crippen LogP contribution >= 0.6 is 0 Å². The van der Waals surface area contributed by atoms with E-state index in [2.05, 4.69) is 16.3 Å². The number of ether oxygens (including phenoxy) is 1. The molecule has 0 aliphatic carbocycles. The van der Waals surface area contributed by atoms with Crippen LogP contribution in [0.15, 0.2) is 24.3 Å². The van der Waals surface area contributed by atoms with E-state index >= 15 is 0 Å². The first kappa shape index (κ1) is 16.5. The van der Waals surface area contributed by atoms with E-state index in [1.165, 1.54) is 0 Å². The van der Waals surface area contributed by atoms with E-state index in [1.54, 1.807) is 0 Å². The highest BCUT2D eigenvalue weighted by molar-refractivity contribution is 5.68. The van der Waals surface area contributed by atoms with Gasteiger partial charge in [-0.15, -0.1) is 0 Å². The lowest BCUT2D eigenvalue weighted by atomic mass is 9.97. The Morgan fingerprint density at radius 3 is 2.82 bits per heavy atom. The zero-order valence-electron chi connectivity index (χ0n) is 13.8. The van der Waals surface area contributed by atoms with Crippen LogP contribution in [0.1, 0.15) is 33.6 Å². The summed E-state index contributed by atoms with van der Waals surface area (Å²) in [5, 5.41) is 2.88. The molecule has 122 valence electrons. The Labute approximate surface area is 132 Å². The van der Waals surface area contributed by atoms with Crippen LogP contribution in [0.5, 0.6) is 0 Å². The van der Waals surface area contributed by atoms with Gasteiger partial charge in [-0.25, -0.2) is 4.79 Å². The summed E-state index contributed by atoms with van der Waals surface area (Å²) < 4.78 is 5.28. The van der Waals surface area contributed by atoms with Crippen molar-refractivity contribution in [3.8, 4) is 0 Å². The van der Waals surface area contributed by atoms with E-state index < -0.39 is 5.60 Å². The number of hydrogen-bond donors (Lipinski definition) is 2. The standard InChI is InChI=1S/C17H27N3O2/c1-17(2,3)22-16(21)19-11-13-7-6-10-20(12-13)15-9-5-4-8-14(15)18/h4-5,8-9,13H,6-7,10-12,18H2,1-3H3,(H,19,21). The van der Waals surface area contributed by atoms with Crippen molar-refractivity contribution in [1.82, 2.24) is 5.32 Å². The second kappa shape index (κ2) is 6.90. The third-order valence-electron chi connectivity index (χ3n) is 3.73. The van der Waals surface area contributed by atoms with Crippen molar-refractivity contribution < 1.29 is 9.53 Å². The maximum Gasteiger partial charge on any atom is 0.407 e. The van der Waals surface area contributed by atoms with Gasteiger partial charge < -0.3 is 20.7 Å². The fourth-order valence-electron chi connectivity index (χ4n) is 2.77. The van der Waals surface area contributed by atoms with Crippen molar-refractivity contribution in [2.24, 2.45) is 5.92 Å². The number of nitrogens with one attached hydrogen (secondary N) is 1. The van der Waals surface area contributed by atoms with E-state index in [0.717, 1.165) is 37.3 Å². The number of carbonyl (C=O) groups is 1. The summed E-state index contributed by atoms with van der Waals surface area (Å²) in [5.74, 6) is 0.417. The van der Waals surface area contributed by atoms with E-state index in [-0.39, 0.29) is 6.09 Å². The molecule has 0 radical (unpaired) electrons. The molecule has 1 aliphatic heterocycles. The van der Waals surface area contributed by atoms with Crippen molar-refractivity contribution >= 4 is 17.5 Å². The van der Waals surface area contributed by atoms with Crippen molar-refractivity contribution in [3.63, 3.8) is 0 Å². The largest absolute Gasteiger partial charge is 0.444 e. The van der Waals surface area contributed by atoms with Crippen molar-refractivity contribution in [1.29, 1.82) is 0 Å². The molecular weight excluding hydrogens is 278 g/mol. The average molecular weight is 305 g/mol. The summed E-state index contributed by atoms with van der Waals surface area (Å²) >= 11 is 0. The van der Waals surface area contributed by atoms with Crippen LogP contribution in [-0.4, -0.2) is 31.3 Å². The lowest BCUT2D eigenvalue weighted by molar-refractivity contribution is 0.0517. The number of carbonyl (C=O) groups excluding carboxylic acids is 1. The first-order valence-corrected chi connectivity index (χ1v) is 7.91. The highest BCUT2D eigenvalue weighted by Crippen LogP contribution is 2.27. The molecule has 1 heterocycles. The molecule has 1 aromatic rings. The third-order valence-corrected chi connectivity index (χ3v) is 3.73. The highest BCUT2D eigenvalue weighted by Gasteiger charge is 2.23. The summed E-state index contributed by atoms with van der Waals surface area (Å²) in [7, 11) is 0. The highest BCUT2D eigenvalue weighted by atomic mass is 16.6. The predicted octanol–water partition coefficient (Wildman–Crippen LogP) is 3.01. The molecule has 2 rings (SSSR count). The maximum atomic E-state index is 11.7. The summed E-state index contributed by atoms with van der Waals surface area (Å²) in [6.45, 7) is 8.16. The summed E-state index contributed by atoms with van der Waals surface area (Å²) in [6, 6.07) is 7.94. The Morgan fingerprint density at radius 1 is 1.41 bits per heavy atom. The zero-order chi connectivity index (χ0) is 16.2. The van der Waals surface area contributed by atoms with Gasteiger partial charge in [0, 0.05) is 19.6 Å². The minimum Gasteiger partial charge on any atom is -0.444 e. The summed E-state index contributed by atoms with van der Waals surface area (Å²) in [5.41, 5.74) is 7.50. The Kier molecular flexibility index (Phi) is 5.16. The van der Waals surface area contributed by atoms with Gasteiger partial charge in [0.25, 0.3) is 0 Å². The molecule has 1 aliphatic rings. The topological polar surface area (TPSA) is 67.6 Å². The van der Waals surface area contributed by atoms with Gasteiger partial charge in [0.1, 0.15) is 5.60 Å². The molecule has 1 amide bonds. The van der Waals surface area contributed by atoms with Gasteiger partial charge in [-0.05, 0) is 51.7 Å². The van der Waals surface area contributed by atoms with Crippen molar-refractivity contribution in [2.75, 3.05) is 30.3 Å². The number of nitrogens with zero attached hydrogens (tertiary/aromatic N) is 1. The predicted molar refractivity (Wildman–Crippen MR) is 90.0 cm³/mol. The van der Waals surface area contributed by atoms with Crippen molar-refractivity contribution in [3.05, 3.63) is 24.3 Å². The molecule has 1 aromatic carbocycles. The quantitative estimate of drug-likeness (QED) is 0.842. The number of nitrogens with two attached hydrogens (primary N) is 1. The van der Waals surface area contributed by atoms with Gasteiger partial charge in [0.15, 0.2) is 0 Å². The van der Waals surface area contributed by atoms with Crippen LogP contribution in [0, 0.1) is 5.92 Å². The third kappa shape index (κ3) is 4.83. The number of para-hydroxylation sites is 2. The van der Waals surface area contributed by atoms with Gasteiger partial charge in [-0.1, -0.05) is 12.1 Å². The van der Waals surface area contributed by atoms with E-state index in [1.807, 2.05) is 39.0 Å². The zero-order valence-corrected chi connectivity index (χ0v) is 13.8. The van der Waals surface area contributed by atoms with Crippen LogP contribution in [0.4, 0.5) is 16.2 Å². The maximum absolute atomic E-state index is 11.7. The van der Waals surface area contributed by atoms with Crippen LogP contribution in [0.2, 0.25) is 0 Å². The normalized spacial score (nSPS) is 18.9. The smallest absolute Gasteiger partial charge is 0.407 e. The number of benzene rings is 1. The van der Waals surface area contributed by atoms with Gasteiger partial charge in [-0.2, -0.15) is 0 Å². The van der Waals surface area contributed by atoms with Crippen LogP contribution in [0.3, 0.4) is 0 Å². The second-order valence-electron chi connectivity index (χ2n) is 6.90. The Hall–Kier alpha value is -1.91. The Bertz CT molecular complexity index is 511. The SMILES string of the molecule is CC(C)(C)OC(=O)NCC1CCCN(c2ccccc2N)C1. The lowest BCUT2D eigenvalue weighted by Crippen LogP contribution is -2.42. The second-order valence-corrected chi connectivity index (χ2v) is 6.90. The first-order valence-electron chi connectivity index (χ1n) is 7.91. The number of rotatable bonds is 3. The molecule has 0 spiro atoms. The van der Waals surface area contributed by atoms with E-state index in [0.29, 0.717) is 12.5 Å². The molecule has 3 N–H and O–H groups in total. The number of alkyl carbamates (subject to hydrolysis) is 1. The number of anilines is 2. The molecule has 0 aromatic heterocycles. The summed E-state index contributed by atoms with van der Waals surface area (Å²) in [6.07, 6.45) is 1.87. The molecule has 0 saturated carbocycles. The number of piperidine rings is 1. The van der Waals surface area contributed by atoms with E-state index in [4.69, 9.17) is 10.5 Å². The average Bonchev–Trinajstić information content (AvgIpc) is 2.44. The van der Waals surface area contributed by atoms with Crippen LogP contribution < -0.4 is 16.0 Å². The van der Waals surface area contributed by atoms with Gasteiger partial charge in [0.05, 0.1) is 11.4 Å². The Morgan fingerprint density at radius 2 is 2.14 bits per heavy atom. The Balaban J connectivity index is 1.86. The van der Waals surface area contributed by atoms with Gasteiger partial charge in [0.2, 0.25) is 0 Å². The molecule has 1 atom stereocenters. The summed E-state index contributed by atoms with van der Waals surface area (Å²) in [4.78, 5) is 14.0. The lowest BCUT2D eigenvalue weighted by Gasteiger charge is -2.35. The molecular formula is C17H27N3O2. The molecule has 1 saturated heterocycles. The fraction of sp³-hybridized carbons (Fsp3) is 0.588. The molecule has 0 bridgehead atoms. The molecule has 1 fully saturated rings. The molecule has 5 nitrogen and oxygen atoms in total. The van der Waals surface area contributed by atoms with E-state index in [9.17, 15) is 4.79 Å². The monoisotopic (exact) mass is 305 g/mol. The molecule has 5 heteroatoms. The number of nitrogen functional groups attached to an aromatic ring is 1. The minimum absolute atomic E-state index is 0.344. The van der Waals surface area contributed by atoms with Crippen molar-refractivity contribution in [2.45, 2.75) is 39.2 Å². The van der Waals surface area contributed by atoms with Crippen LogP contribution in [0.25, 0.3) is 0 Å². The number of amides is 1. The first-order chi connectivity index (χ1) is 10.3. The van der Waals surface area contributed by atoms with Gasteiger partial charge in [-0.3, -0.25) is 0 Å². The molecule has 22 heavy (non-hydrogen) atoms. The van der Waals surface area contributed by atoms with Crippen LogP contribution in [-0.2, 0) is 4.74 Å². The molecule has 1 unspecified atom stereocenters.